The maximum absolute atomic E-state index is 11.6. The van der Waals surface area contributed by atoms with Gasteiger partial charge in [-0.05, 0) is 27.4 Å². The fourth-order valence-corrected chi connectivity index (χ4v) is 1.43. The molecule has 1 N–H and O–H groups in total. The minimum absolute atomic E-state index is 0.0536. The first-order chi connectivity index (χ1) is 7.88. The van der Waals surface area contributed by atoms with Crippen LogP contribution in [0.15, 0.2) is 0 Å². The van der Waals surface area contributed by atoms with Gasteiger partial charge in [0.15, 0.2) is 0 Å². The van der Waals surface area contributed by atoms with E-state index in [0.717, 1.165) is 13.0 Å². The van der Waals surface area contributed by atoms with Crippen LogP contribution in [0.4, 0.5) is 0 Å². The molecule has 1 atom stereocenters. The molecular formula is C12H25N3O2. The van der Waals surface area contributed by atoms with E-state index in [1.54, 1.807) is 4.90 Å². The van der Waals surface area contributed by atoms with Crippen molar-refractivity contribution in [3.05, 3.63) is 0 Å². The van der Waals surface area contributed by atoms with Crippen molar-refractivity contribution in [3.63, 3.8) is 0 Å². The van der Waals surface area contributed by atoms with E-state index in [1.807, 2.05) is 32.8 Å². The highest BCUT2D eigenvalue weighted by atomic mass is 16.2. The molecule has 0 saturated carbocycles. The molecule has 0 aromatic heterocycles. The quantitative estimate of drug-likeness (QED) is 0.700. The number of rotatable bonds is 7. The molecule has 0 aromatic carbocycles. The zero-order valence-electron chi connectivity index (χ0n) is 11.6. The molecule has 5 heteroatoms. The Balaban J connectivity index is 4.09. The summed E-state index contributed by atoms with van der Waals surface area (Å²) in [6.45, 7) is 7.02. The number of nitrogens with zero attached hydrogens (tertiary/aromatic N) is 2. The van der Waals surface area contributed by atoms with E-state index in [0.29, 0.717) is 6.54 Å². The van der Waals surface area contributed by atoms with Gasteiger partial charge in [0, 0.05) is 26.1 Å². The summed E-state index contributed by atoms with van der Waals surface area (Å²) in [6.07, 6.45) is 0.852. The van der Waals surface area contributed by atoms with E-state index in [9.17, 15) is 9.59 Å². The normalized spacial score (nSPS) is 12.4. The predicted octanol–water partition coefficient (Wildman–Crippen LogP) is 0.311. The number of nitrogens with one attached hydrogen (secondary N) is 1. The molecule has 0 heterocycles. The monoisotopic (exact) mass is 243 g/mol. The number of carbonyl (C=O) groups excluding carboxylic acids is 2. The van der Waals surface area contributed by atoms with Crippen LogP contribution in [-0.2, 0) is 9.59 Å². The van der Waals surface area contributed by atoms with Crippen LogP contribution in [0.3, 0.4) is 0 Å². The fourth-order valence-electron chi connectivity index (χ4n) is 1.43. The molecule has 0 radical (unpaired) electrons. The average molecular weight is 243 g/mol. The van der Waals surface area contributed by atoms with Gasteiger partial charge in [0.2, 0.25) is 11.8 Å². The molecule has 5 nitrogen and oxygen atoms in total. The van der Waals surface area contributed by atoms with Crippen LogP contribution >= 0.6 is 0 Å². The van der Waals surface area contributed by atoms with E-state index in [-0.39, 0.29) is 24.4 Å². The summed E-state index contributed by atoms with van der Waals surface area (Å²) in [7, 11) is 3.90. The van der Waals surface area contributed by atoms with Gasteiger partial charge in [-0.2, -0.15) is 0 Å². The van der Waals surface area contributed by atoms with Gasteiger partial charge in [-0.15, -0.1) is 0 Å². The first-order valence-corrected chi connectivity index (χ1v) is 6.07. The average Bonchev–Trinajstić information content (AvgIpc) is 2.24. The predicted molar refractivity (Wildman–Crippen MR) is 68.7 cm³/mol. The molecule has 0 fully saturated rings. The zero-order chi connectivity index (χ0) is 13.4. The minimum Gasteiger partial charge on any atom is -0.353 e. The Labute approximate surface area is 104 Å². The number of hydrogen-bond acceptors (Lipinski definition) is 3. The highest BCUT2D eigenvalue weighted by molar-refractivity contribution is 5.83. The Morgan fingerprint density at radius 2 is 1.88 bits per heavy atom. The van der Waals surface area contributed by atoms with Crippen molar-refractivity contribution in [2.75, 3.05) is 33.7 Å². The molecule has 0 aliphatic carbocycles. The van der Waals surface area contributed by atoms with Gasteiger partial charge >= 0.3 is 0 Å². The van der Waals surface area contributed by atoms with Gasteiger partial charge in [-0.25, -0.2) is 0 Å². The van der Waals surface area contributed by atoms with Gasteiger partial charge in [-0.3, -0.25) is 9.59 Å². The van der Waals surface area contributed by atoms with E-state index in [4.69, 9.17) is 0 Å². The fraction of sp³-hybridized carbons (Fsp3) is 0.833. The summed E-state index contributed by atoms with van der Waals surface area (Å²) in [5.74, 6) is -0.149. The van der Waals surface area contributed by atoms with Crippen molar-refractivity contribution in [1.82, 2.24) is 15.1 Å². The minimum atomic E-state index is -0.0950. The van der Waals surface area contributed by atoms with Crippen LogP contribution in [0.2, 0.25) is 0 Å². The Bertz CT molecular complexity index is 254. The van der Waals surface area contributed by atoms with Crippen LogP contribution in [0, 0.1) is 0 Å². The topological polar surface area (TPSA) is 52.7 Å². The van der Waals surface area contributed by atoms with Gasteiger partial charge in [0.25, 0.3) is 0 Å². The second-order valence-corrected chi connectivity index (χ2v) is 4.56. The number of amides is 2. The number of carbonyl (C=O) groups is 2. The molecule has 0 aliphatic rings. The lowest BCUT2D eigenvalue weighted by Gasteiger charge is -2.26. The second-order valence-electron chi connectivity index (χ2n) is 4.56. The summed E-state index contributed by atoms with van der Waals surface area (Å²) in [5, 5.41) is 2.80. The third-order valence-corrected chi connectivity index (χ3v) is 2.72. The Morgan fingerprint density at radius 3 is 2.29 bits per heavy atom. The van der Waals surface area contributed by atoms with Gasteiger partial charge in [0.05, 0.1) is 6.54 Å². The van der Waals surface area contributed by atoms with Crippen LogP contribution in [0.5, 0.6) is 0 Å². The maximum Gasteiger partial charge on any atom is 0.239 e. The van der Waals surface area contributed by atoms with Crippen LogP contribution in [-0.4, -0.2) is 61.4 Å². The molecule has 0 bridgehead atoms. The van der Waals surface area contributed by atoms with E-state index >= 15 is 0 Å². The zero-order valence-corrected chi connectivity index (χ0v) is 11.6. The third-order valence-electron chi connectivity index (χ3n) is 2.72. The first-order valence-electron chi connectivity index (χ1n) is 6.07. The van der Waals surface area contributed by atoms with Crippen molar-refractivity contribution in [1.29, 1.82) is 0 Å². The largest absolute Gasteiger partial charge is 0.353 e. The van der Waals surface area contributed by atoms with Crippen molar-refractivity contribution in [2.45, 2.75) is 33.2 Å². The van der Waals surface area contributed by atoms with Crippen LogP contribution in [0.1, 0.15) is 27.2 Å². The lowest BCUT2D eigenvalue weighted by Crippen LogP contribution is -2.45. The van der Waals surface area contributed by atoms with Crippen molar-refractivity contribution >= 4 is 11.8 Å². The first kappa shape index (κ1) is 15.9. The molecular weight excluding hydrogens is 218 g/mol. The molecule has 1 unspecified atom stereocenters. The standard InChI is InChI=1S/C12H25N3O2/c1-6-10(2)15(11(3)16)9-12(17)13-7-8-14(4)5/h10H,6-9H2,1-5H3,(H,13,17). The Kier molecular flexibility index (Phi) is 7.54. The van der Waals surface area contributed by atoms with Gasteiger partial charge in [-0.1, -0.05) is 6.92 Å². The van der Waals surface area contributed by atoms with Crippen LogP contribution < -0.4 is 5.32 Å². The molecule has 0 saturated heterocycles. The van der Waals surface area contributed by atoms with Crippen molar-refractivity contribution in [2.24, 2.45) is 0 Å². The molecule has 0 spiro atoms. The Morgan fingerprint density at radius 1 is 1.29 bits per heavy atom. The molecule has 100 valence electrons. The second kappa shape index (κ2) is 8.06. The molecule has 17 heavy (non-hydrogen) atoms. The lowest BCUT2D eigenvalue weighted by atomic mass is 10.2. The summed E-state index contributed by atoms with van der Waals surface area (Å²) in [4.78, 5) is 26.6. The molecule has 2 amide bonds. The van der Waals surface area contributed by atoms with Crippen LogP contribution in [0.25, 0.3) is 0 Å². The Hall–Kier alpha value is -1.10. The summed E-state index contributed by atoms with van der Waals surface area (Å²) < 4.78 is 0. The summed E-state index contributed by atoms with van der Waals surface area (Å²) >= 11 is 0. The summed E-state index contributed by atoms with van der Waals surface area (Å²) in [5.41, 5.74) is 0. The highest BCUT2D eigenvalue weighted by Gasteiger charge is 2.18. The SMILES string of the molecule is CCC(C)N(CC(=O)NCCN(C)C)C(C)=O. The summed E-state index contributed by atoms with van der Waals surface area (Å²) in [6, 6.07) is 0.104. The smallest absolute Gasteiger partial charge is 0.239 e. The van der Waals surface area contributed by atoms with E-state index < -0.39 is 0 Å². The lowest BCUT2D eigenvalue weighted by molar-refractivity contribution is -0.136. The van der Waals surface area contributed by atoms with Crippen molar-refractivity contribution < 1.29 is 9.59 Å². The van der Waals surface area contributed by atoms with Crippen molar-refractivity contribution in [3.8, 4) is 0 Å². The molecule has 0 rings (SSSR count). The van der Waals surface area contributed by atoms with E-state index in [2.05, 4.69) is 5.32 Å². The van der Waals surface area contributed by atoms with Gasteiger partial charge < -0.3 is 15.1 Å². The molecule has 0 aliphatic heterocycles. The number of likely N-dealkylation sites (N-methyl/N-ethyl adjacent to an activating group) is 1. The highest BCUT2D eigenvalue weighted by Crippen LogP contribution is 2.03. The maximum atomic E-state index is 11.6. The third kappa shape index (κ3) is 6.94. The van der Waals surface area contributed by atoms with Gasteiger partial charge in [0.1, 0.15) is 0 Å². The molecule has 0 aromatic rings. The van der Waals surface area contributed by atoms with E-state index in [1.165, 1.54) is 6.92 Å². The number of hydrogen-bond donors (Lipinski definition) is 1.